The molecule has 0 aliphatic carbocycles. The Balaban J connectivity index is 1.83. The van der Waals surface area contributed by atoms with Crippen LogP contribution in [0.5, 0.6) is 0 Å². The lowest BCUT2D eigenvalue weighted by atomic mass is 10.1. The fourth-order valence-electron chi connectivity index (χ4n) is 3.09. The van der Waals surface area contributed by atoms with E-state index in [4.69, 9.17) is 0 Å². The molecule has 23 heavy (non-hydrogen) atoms. The summed E-state index contributed by atoms with van der Waals surface area (Å²) in [5.41, 5.74) is 1.32. The Bertz CT molecular complexity index is 698. The molecular formula is C18H20F2N2O. The molecule has 3 nitrogen and oxygen atoms in total. The van der Waals surface area contributed by atoms with Crippen molar-refractivity contribution in [1.29, 1.82) is 0 Å². The minimum atomic E-state index is -0.560. The van der Waals surface area contributed by atoms with E-state index in [0.717, 1.165) is 32.4 Å². The van der Waals surface area contributed by atoms with E-state index in [-0.39, 0.29) is 17.9 Å². The van der Waals surface area contributed by atoms with Crippen molar-refractivity contribution in [3.63, 3.8) is 0 Å². The van der Waals surface area contributed by atoms with E-state index in [2.05, 4.69) is 0 Å². The van der Waals surface area contributed by atoms with Crippen molar-refractivity contribution >= 4 is 5.91 Å². The predicted octanol–water partition coefficient (Wildman–Crippen LogP) is 3.52. The quantitative estimate of drug-likeness (QED) is 0.850. The Labute approximate surface area is 134 Å². The van der Waals surface area contributed by atoms with Gasteiger partial charge in [0.05, 0.1) is 0 Å². The van der Waals surface area contributed by atoms with Crippen molar-refractivity contribution in [2.45, 2.75) is 25.7 Å². The van der Waals surface area contributed by atoms with Crippen molar-refractivity contribution in [2.24, 2.45) is 7.05 Å². The third-order valence-corrected chi connectivity index (χ3v) is 4.51. The molecule has 1 amide bonds. The normalized spacial score (nSPS) is 15.0. The van der Waals surface area contributed by atoms with Crippen LogP contribution in [0.3, 0.4) is 0 Å². The SMILES string of the molecule is Cn1c(Cc2c(F)cccc2F)ccc1C(=O)N1CCCCC1. The number of nitrogens with zero attached hydrogens (tertiary/aromatic N) is 2. The van der Waals surface area contributed by atoms with Gasteiger partial charge in [-0.1, -0.05) is 6.07 Å². The zero-order valence-electron chi connectivity index (χ0n) is 13.2. The van der Waals surface area contributed by atoms with Gasteiger partial charge in [0.2, 0.25) is 0 Å². The number of aromatic nitrogens is 1. The van der Waals surface area contributed by atoms with Crippen molar-refractivity contribution in [3.8, 4) is 0 Å². The van der Waals surface area contributed by atoms with Gasteiger partial charge >= 0.3 is 0 Å². The van der Waals surface area contributed by atoms with Crippen LogP contribution < -0.4 is 0 Å². The first-order valence-corrected chi connectivity index (χ1v) is 7.94. The van der Waals surface area contributed by atoms with E-state index in [9.17, 15) is 13.6 Å². The molecule has 1 fully saturated rings. The van der Waals surface area contributed by atoms with E-state index in [0.29, 0.717) is 11.4 Å². The Kier molecular flexibility index (Phi) is 4.46. The molecule has 2 heterocycles. The smallest absolute Gasteiger partial charge is 0.270 e. The van der Waals surface area contributed by atoms with E-state index in [1.54, 1.807) is 23.7 Å². The number of piperidine rings is 1. The molecule has 2 aromatic rings. The molecule has 0 saturated carbocycles. The molecule has 122 valence electrons. The average Bonchev–Trinajstić information content (AvgIpc) is 2.92. The lowest BCUT2D eigenvalue weighted by molar-refractivity contribution is 0.0714. The second kappa shape index (κ2) is 6.52. The van der Waals surface area contributed by atoms with Gasteiger partial charge in [-0.3, -0.25) is 4.79 Å². The van der Waals surface area contributed by atoms with E-state index < -0.39 is 11.6 Å². The number of rotatable bonds is 3. The highest BCUT2D eigenvalue weighted by molar-refractivity contribution is 5.93. The zero-order chi connectivity index (χ0) is 16.4. The summed E-state index contributed by atoms with van der Waals surface area (Å²) in [5.74, 6) is -1.13. The zero-order valence-corrected chi connectivity index (χ0v) is 13.2. The molecule has 0 unspecified atom stereocenters. The van der Waals surface area contributed by atoms with Crippen LogP contribution in [0.25, 0.3) is 0 Å². The summed E-state index contributed by atoms with van der Waals surface area (Å²) in [5, 5.41) is 0. The molecule has 0 N–H and O–H groups in total. The minimum Gasteiger partial charge on any atom is -0.343 e. The number of carbonyl (C=O) groups excluding carboxylic acids is 1. The summed E-state index contributed by atoms with van der Waals surface area (Å²) < 4.78 is 29.3. The summed E-state index contributed by atoms with van der Waals surface area (Å²) in [6.07, 6.45) is 3.35. The van der Waals surface area contributed by atoms with Crippen molar-refractivity contribution in [2.75, 3.05) is 13.1 Å². The van der Waals surface area contributed by atoms with Crippen molar-refractivity contribution in [1.82, 2.24) is 9.47 Å². The van der Waals surface area contributed by atoms with Gasteiger partial charge in [-0.2, -0.15) is 0 Å². The molecule has 5 heteroatoms. The van der Waals surface area contributed by atoms with Crippen LogP contribution in [-0.2, 0) is 13.5 Å². The number of carbonyl (C=O) groups is 1. The van der Waals surface area contributed by atoms with Gasteiger partial charge in [-0.05, 0) is 43.5 Å². The van der Waals surface area contributed by atoms with Crippen LogP contribution in [0, 0.1) is 11.6 Å². The van der Waals surface area contributed by atoms with Crippen LogP contribution in [0.15, 0.2) is 30.3 Å². The number of likely N-dealkylation sites (tertiary alicyclic amines) is 1. The molecule has 0 atom stereocenters. The van der Waals surface area contributed by atoms with Gasteiger partial charge in [-0.15, -0.1) is 0 Å². The molecular weight excluding hydrogens is 298 g/mol. The van der Waals surface area contributed by atoms with Gasteiger partial charge in [-0.25, -0.2) is 8.78 Å². The van der Waals surface area contributed by atoms with Crippen LogP contribution in [0.4, 0.5) is 8.78 Å². The molecule has 1 saturated heterocycles. The average molecular weight is 318 g/mol. The topological polar surface area (TPSA) is 25.2 Å². The summed E-state index contributed by atoms with van der Waals surface area (Å²) >= 11 is 0. The number of halogens is 2. The van der Waals surface area contributed by atoms with Crippen LogP contribution >= 0.6 is 0 Å². The third kappa shape index (κ3) is 3.14. The van der Waals surface area contributed by atoms with Crippen molar-refractivity contribution in [3.05, 3.63) is 58.9 Å². The molecule has 1 aromatic carbocycles. The molecule has 1 aliphatic heterocycles. The fourth-order valence-corrected chi connectivity index (χ4v) is 3.09. The van der Waals surface area contributed by atoms with Crippen LogP contribution in [-0.4, -0.2) is 28.5 Å². The standard InChI is InChI=1S/C18H20F2N2O/c1-21-13(12-14-15(19)6-5-7-16(14)20)8-9-17(21)18(23)22-10-3-2-4-11-22/h5-9H,2-4,10-12H2,1H3. The van der Waals surface area contributed by atoms with Crippen molar-refractivity contribution < 1.29 is 13.6 Å². The highest BCUT2D eigenvalue weighted by Crippen LogP contribution is 2.20. The molecule has 1 aromatic heterocycles. The number of amides is 1. The summed E-state index contributed by atoms with van der Waals surface area (Å²) in [6.45, 7) is 1.56. The van der Waals surface area contributed by atoms with Crippen LogP contribution in [0.2, 0.25) is 0 Å². The van der Waals surface area contributed by atoms with Gasteiger partial charge in [0.15, 0.2) is 0 Å². The summed E-state index contributed by atoms with van der Waals surface area (Å²) in [4.78, 5) is 14.4. The van der Waals surface area contributed by atoms with Gasteiger partial charge in [0.1, 0.15) is 17.3 Å². The Morgan fingerprint density at radius 1 is 1.04 bits per heavy atom. The Morgan fingerprint density at radius 3 is 2.35 bits per heavy atom. The fraction of sp³-hybridized carbons (Fsp3) is 0.389. The first-order chi connectivity index (χ1) is 11.1. The molecule has 3 rings (SSSR count). The largest absolute Gasteiger partial charge is 0.343 e. The van der Waals surface area contributed by atoms with Crippen LogP contribution in [0.1, 0.15) is 41.0 Å². The second-order valence-electron chi connectivity index (χ2n) is 6.00. The Hall–Kier alpha value is -2.17. The molecule has 1 aliphatic rings. The Morgan fingerprint density at radius 2 is 1.70 bits per heavy atom. The van der Waals surface area contributed by atoms with Gasteiger partial charge in [0.25, 0.3) is 5.91 Å². The highest BCUT2D eigenvalue weighted by atomic mass is 19.1. The van der Waals surface area contributed by atoms with Gasteiger partial charge in [0, 0.05) is 37.8 Å². The maximum Gasteiger partial charge on any atom is 0.270 e. The summed E-state index contributed by atoms with van der Waals surface area (Å²) in [6, 6.07) is 7.36. The van der Waals surface area contributed by atoms with E-state index >= 15 is 0 Å². The number of hydrogen-bond donors (Lipinski definition) is 0. The lowest BCUT2D eigenvalue weighted by Gasteiger charge is -2.26. The maximum absolute atomic E-state index is 13.8. The predicted molar refractivity (Wildman–Crippen MR) is 84.3 cm³/mol. The lowest BCUT2D eigenvalue weighted by Crippen LogP contribution is -2.36. The number of hydrogen-bond acceptors (Lipinski definition) is 1. The monoisotopic (exact) mass is 318 g/mol. The molecule has 0 spiro atoms. The second-order valence-corrected chi connectivity index (χ2v) is 6.00. The van der Waals surface area contributed by atoms with E-state index in [1.807, 2.05) is 4.90 Å². The summed E-state index contributed by atoms with van der Waals surface area (Å²) in [7, 11) is 1.77. The van der Waals surface area contributed by atoms with E-state index in [1.165, 1.54) is 18.2 Å². The number of benzene rings is 1. The van der Waals surface area contributed by atoms with Gasteiger partial charge < -0.3 is 9.47 Å². The maximum atomic E-state index is 13.8. The first-order valence-electron chi connectivity index (χ1n) is 7.94. The highest BCUT2D eigenvalue weighted by Gasteiger charge is 2.22. The molecule has 0 bridgehead atoms. The minimum absolute atomic E-state index is 0.00699. The first kappa shape index (κ1) is 15.7. The third-order valence-electron chi connectivity index (χ3n) is 4.51. The molecule has 0 radical (unpaired) electrons.